The van der Waals surface area contributed by atoms with Gasteiger partial charge >= 0.3 is 5.97 Å². The predicted molar refractivity (Wildman–Crippen MR) is 69.2 cm³/mol. The third-order valence-electron chi connectivity index (χ3n) is 5.87. The third kappa shape index (κ3) is 1.39. The average Bonchev–Trinajstić information content (AvgIpc) is 2.63. The van der Waals surface area contributed by atoms with Crippen molar-refractivity contribution in [2.75, 3.05) is 0 Å². The van der Waals surface area contributed by atoms with Crippen molar-refractivity contribution < 1.29 is 19.7 Å². The van der Waals surface area contributed by atoms with Gasteiger partial charge in [-0.05, 0) is 31.8 Å². The van der Waals surface area contributed by atoms with Gasteiger partial charge in [-0.3, -0.25) is 4.79 Å². The van der Waals surface area contributed by atoms with Gasteiger partial charge in [-0.2, -0.15) is 0 Å². The number of carbonyl (C=O) groups is 1. The van der Waals surface area contributed by atoms with Crippen molar-refractivity contribution in [2.45, 2.75) is 57.8 Å². The molecule has 2 N–H and O–H groups in total. The number of carbonyl (C=O) groups excluding carboxylic acids is 1. The van der Waals surface area contributed by atoms with Crippen LogP contribution in [0.15, 0.2) is 11.6 Å². The van der Waals surface area contributed by atoms with Crippen LogP contribution in [0.2, 0.25) is 0 Å². The standard InChI is InChI=1S/C15H22O4/c1-8-5-4-6-14(3)11(16)7-10-9(2)13(17)19-12(10)15(8,14)18/h5,9-12,16,18H,4,6-7H2,1-3H3/t9-,10-,11-,12-,14+,15+/m0/s1. The zero-order valence-electron chi connectivity index (χ0n) is 11.7. The maximum absolute atomic E-state index is 11.8. The molecule has 1 saturated heterocycles. The largest absolute Gasteiger partial charge is 0.458 e. The number of hydrogen-bond donors (Lipinski definition) is 2. The Morgan fingerprint density at radius 3 is 2.84 bits per heavy atom. The Bertz CT molecular complexity index is 457. The van der Waals surface area contributed by atoms with Gasteiger partial charge in [0.05, 0.1) is 12.0 Å². The topological polar surface area (TPSA) is 66.8 Å². The van der Waals surface area contributed by atoms with Crippen molar-refractivity contribution in [3.8, 4) is 0 Å². The van der Waals surface area contributed by atoms with Gasteiger partial charge in [0.1, 0.15) is 11.7 Å². The van der Waals surface area contributed by atoms with Crippen molar-refractivity contribution in [1.82, 2.24) is 0 Å². The molecule has 4 nitrogen and oxygen atoms in total. The molecule has 6 atom stereocenters. The number of ether oxygens (including phenoxy) is 1. The molecule has 1 saturated carbocycles. The Hall–Kier alpha value is -0.870. The van der Waals surface area contributed by atoms with Gasteiger partial charge in [-0.15, -0.1) is 0 Å². The van der Waals surface area contributed by atoms with E-state index >= 15 is 0 Å². The molecule has 0 radical (unpaired) electrons. The van der Waals surface area contributed by atoms with Crippen LogP contribution < -0.4 is 0 Å². The highest BCUT2D eigenvalue weighted by molar-refractivity contribution is 5.75. The average molecular weight is 266 g/mol. The van der Waals surface area contributed by atoms with Gasteiger partial charge in [0.25, 0.3) is 0 Å². The van der Waals surface area contributed by atoms with Crippen LogP contribution in [0.3, 0.4) is 0 Å². The fourth-order valence-electron chi connectivity index (χ4n) is 4.35. The first kappa shape index (κ1) is 13.1. The molecule has 0 aromatic carbocycles. The molecule has 19 heavy (non-hydrogen) atoms. The normalized spacial score (nSPS) is 53.1. The number of allylic oxidation sites excluding steroid dienone is 1. The highest BCUT2D eigenvalue weighted by Crippen LogP contribution is 2.58. The highest BCUT2D eigenvalue weighted by atomic mass is 16.6. The molecule has 3 rings (SSSR count). The first-order chi connectivity index (χ1) is 8.82. The minimum atomic E-state index is -1.23. The second kappa shape index (κ2) is 3.83. The van der Waals surface area contributed by atoms with E-state index in [0.717, 1.165) is 18.4 Å². The zero-order valence-corrected chi connectivity index (χ0v) is 11.7. The second-order valence-corrected chi connectivity index (χ2v) is 6.67. The molecule has 1 aliphatic heterocycles. The fraction of sp³-hybridized carbons (Fsp3) is 0.800. The Balaban J connectivity index is 2.13. The number of esters is 1. The quantitative estimate of drug-likeness (QED) is 0.514. The van der Waals surface area contributed by atoms with Crippen LogP contribution in [0.5, 0.6) is 0 Å². The second-order valence-electron chi connectivity index (χ2n) is 6.67. The summed E-state index contributed by atoms with van der Waals surface area (Å²) < 4.78 is 5.49. The van der Waals surface area contributed by atoms with Crippen LogP contribution in [0.25, 0.3) is 0 Å². The van der Waals surface area contributed by atoms with Gasteiger partial charge in [0, 0.05) is 11.3 Å². The number of aliphatic hydroxyl groups is 2. The van der Waals surface area contributed by atoms with Crippen molar-refractivity contribution in [3.05, 3.63) is 11.6 Å². The molecule has 0 unspecified atom stereocenters. The molecule has 0 aromatic heterocycles. The van der Waals surface area contributed by atoms with Crippen LogP contribution in [0.4, 0.5) is 0 Å². The SMILES string of the molecule is CC1=CCC[C@]2(C)[C@@H](O)C[C@H]3[C@H](C)C(=O)O[C@@H]3[C@]12O. The molecule has 0 spiro atoms. The smallest absolute Gasteiger partial charge is 0.309 e. The van der Waals surface area contributed by atoms with Crippen LogP contribution in [-0.2, 0) is 9.53 Å². The molecule has 106 valence electrons. The van der Waals surface area contributed by atoms with Crippen molar-refractivity contribution in [2.24, 2.45) is 17.3 Å². The first-order valence-corrected chi connectivity index (χ1v) is 7.10. The summed E-state index contributed by atoms with van der Waals surface area (Å²) in [5.74, 6) is -0.594. The molecule has 3 aliphatic rings. The minimum absolute atomic E-state index is 0.0953. The van der Waals surface area contributed by atoms with Crippen molar-refractivity contribution >= 4 is 5.97 Å². The summed E-state index contributed by atoms with van der Waals surface area (Å²) >= 11 is 0. The predicted octanol–water partition coefficient (Wildman–Crippen LogP) is 1.41. The molecular formula is C15H22O4. The van der Waals surface area contributed by atoms with Crippen LogP contribution >= 0.6 is 0 Å². The van der Waals surface area contributed by atoms with E-state index in [1.165, 1.54) is 0 Å². The summed E-state index contributed by atoms with van der Waals surface area (Å²) in [4.78, 5) is 11.8. The third-order valence-corrected chi connectivity index (χ3v) is 5.87. The highest BCUT2D eigenvalue weighted by Gasteiger charge is 2.67. The van der Waals surface area contributed by atoms with E-state index in [4.69, 9.17) is 4.74 Å². The van der Waals surface area contributed by atoms with Gasteiger partial charge in [0.2, 0.25) is 0 Å². The molecule has 2 aliphatic carbocycles. The Kier molecular flexibility index (Phi) is 2.64. The number of rotatable bonds is 0. The van der Waals surface area contributed by atoms with Crippen LogP contribution in [0, 0.1) is 17.3 Å². The zero-order chi connectivity index (χ0) is 14.0. The monoisotopic (exact) mass is 266 g/mol. The summed E-state index contributed by atoms with van der Waals surface area (Å²) in [7, 11) is 0. The first-order valence-electron chi connectivity index (χ1n) is 7.10. The number of fused-ring (bicyclic) bond motifs is 3. The van der Waals surface area contributed by atoms with Crippen molar-refractivity contribution in [3.63, 3.8) is 0 Å². The summed E-state index contributed by atoms with van der Waals surface area (Å²) in [6.07, 6.45) is 3.00. The van der Waals surface area contributed by atoms with Crippen LogP contribution in [0.1, 0.15) is 40.0 Å². The maximum Gasteiger partial charge on any atom is 0.309 e. The Morgan fingerprint density at radius 2 is 2.16 bits per heavy atom. The van der Waals surface area contributed by atoms with E-state index in [9.17, 15) is 15.0 Å². The number of hydrogen-bond acceptors (Lipinski definition) is 4. The lowest BCUT2D eigenvalue weighted by Gasteiger charge is -2.57. The van der Waals surface area contributed by atoms with Gasteiger partial charge < -0.3 is 14.9 Å². The number of aliphatic hydroxyl groups excluding tert-OH is 1. The summed E-state index contributed by atoms with van der Waals surface area (Å²) in [6.45, 7) is 5.62. The maximum atomic E-state index is 11.8. The molecule has 0 bridgehead atoms. The lowest BCUT2D eigenvalue weighted by molar-refractivity contribution is -0.217. The molecule has 0 aromatic rings. The lowest BCUT2D eigenvalue weighted by atomic mass is 9.52. The molecule has 4 heteroatoms. The molecule has 1 heterocycles. The Morgan fingerprint density at radius 1 is 1.47 bits per heavy atom. The van der Waals surface area contributed by atoms with Gasteiger partial charge in [0.15, 0.2) is 0 Å². The van der Waals surface area contributed by atoms with E-state index < -0.39 is 23.2 Å². The summed E-state index contributed by atoms with van der Waals surface area (Å²) in [5, 5.41) is 21.8. The Labute approximate surface area is 113 Å². The molecule has 0 amide bonds. The lowest BCUT2D eigenvalue weighted by Crippen LogP contribution is -2.67. The molecular weight excluding hydrogens is 244 g/mol. The summed E-state index contributed by atoms with van der Waals surface area (Å²) in [6, 6.07) is 0. The van der Waals surface area contributed by atoms with Crippen LogP contribution in [-0.4, -0.2) is 34.0 Å². The summed E-state index contributed by atoms with van der Waals surface area (Å²) in [5.41, 5.74) is -1.03. The van der Waals surface area contributed by atoms with E-state index in [2.05, 4.69) is 0 Å². The van der Waals surface area contributed by atoms with E-state index in [1.807, 2.05) is 26.8 Å². The minimum Gasteiger partial charge on any atom is -0.458 e. The molecule has 2 fully saturated rings. The van der Waals surface area contributed by atoms with Gasteiger partial charge in [-0.1, -0.05) is 19.9 Å². The fourth-order valence-corrected chi connectivity index (χ4v) is 4.35. The van der Waals surface area contributed by atoms with Crippen molar-refractivity contribution in [1.29, 1.82) is 0 Å². The van der Waals surface area contributed by atoms with E-state index in [-0.39, 0.29) is 17.8 Å². The van der Waals surface area contributed by atoms with Gasteiger partial charge in [-0.25, -0.2) is 0 Å². The van der Waals surface area contributed by atoms with E-state index in [0.29, 0.717) is 6.42 Å². The van der Waals surface area contributed by atoms with E-state index in [1.54, 1.807) is 0 Å².